The highest BCUT2D eigenvalue weighted by Crippen LogP contribution is 2.16. The third-order valence-electron chi connectivity index (χ3n) is 3.02. The highest BCUT2D eigenvalue weighted by Gasteiger charge is 2.10. The van der Waals surface area contributed by atoms with Gasteiger partial charge in [0.1, 0.15) is 5.75 Å². The lowest BCUT2D eigenvalue weighted by molar-refractivity contribution is -0.124. The standard InChI is InChI=1S/C16H16N2O5/c1-22-13-5-3-2-4-11(13)8-18-15(20)10-23-16(21)12-6-7-14(19)17-9-12/h2-7,9H,8,10H2,1H3,(H,17,19)(H,18,20). The monoisotopic (exact) mass is 316 g/mol. The van der Waals surface area contributed by atoms with Crippen LogP contribution in [0.5, 0.6) is 5.75 Å². The van der Waals surface area contributed by atoms with E-state index in [1.54, 1.807) is 13.2 Å². The highest BCUT2D eigenvalue weighted by atomic mass is 16.5. The molecular formula is C16H16N2O5. The molecule has 0 aliphatic carbocycles. The minimum Gasteiger partial charge on any atom is -0.496 e. The van der Waals surface area contributed by atoms with E-state index in [-0.39, 0.29) is 17.7 Å². The Morgan fingerprint density at radius 1 is 1.17 bits per heavy atom. The smallest absolute Gasteiger partial charge is 0.340 e. The van der Waals surface area contributed by atoms with Crippen molar-refractivity contribution in [3.05, 3.63) is 64.1 Å². The number of carbonyl (C=O) groups is 2. The second-order valence-electron chi connectivity index (χ2n) is 4.61. The Labute approximate surface area is 132 Å². The zero-order chi connectivity index (χ0) is 16.7. The Bertz CT molecular complexity index is 734. The average Bonchev–Trinajstić information content (AvgIpc) is 2.58. The quantitative estimate of drug-likeness (QED) is 0.770. The van der Waals surface area contributed by atoms with Crippen molar-refractivity contribution in [1.82, 2.24) is 10.3 Å². The molecule has 23 heavy (non-hydrogen) atoms. The third-order valence-corrected chi connectivity index (χ3v) is 3.02. The minimum absolute atomic E-state index is 0.169. The summed E-state index contributed by atoms with van der Waals surface area (Å²) in [4.78, 5) is 36.7. The fraction of sp³-hybridized carbons (Fsp3) is 0.188. The first-order valence-corrected chi connectivity index (χ1v) is 6.84. The van der Waals surface area contributed by atoms with E-state index in [0.717, 1.165) is 5.56 Å². The first-order chi connectivity index (χ1) is 11.1. The second-order valence-corrected chi connectivity index (χ2v) is 4.61. The molecule has 2 N–H and O–H groups in total. The summed E-state index contributed by atoms with van der Waals surface area (Å²) in [6.07, 6.45) is 1.23. The van der Waals surface area contributed by atoms with Gasteiger partial charge in [0.15, 0.2) is 6.61 Å². The number of ether oxygens (including phenoxy) is 2. The highest BCUT2D eigenvalue weighted by molar-refractivity contribution is 5.90. The number of amides is 1. The largest absolute Gasteiger partial charge is 0.496 e. The Kier molecular flexibility index (Phi) is 5.51. The van der Waals surface area contributed by atoms with Gasteiger partial charge in [-0.1, -0.05) is 18.2 Å². The maximum atomic E-state index is 11.7. The normalized spacial score (nSPS) is 9.96. The molecule has 0 aliphatic heterocycles. The Morgan fingerprint density at radius 3 is 2.65 bits per heavy atom. The summed E-state index contributed by atoms with van der Waals surface area (Å²) >= 11 is 0. The second kappa shape index (κ2) is 7.79. The van der Waals surface area contributed by atoms with Crippen LogP contribution in [0.3, 0.4) is 0 Å². The van der Waals surface area contributed by atoms with Crippen molar-refractivity contribution in [1.29, 1.82) is 0 Å². The molecule has 0 saturated carbocycles. The van der Waals surface area contributed by atoms with Crippen LogP contribution in [0.2, 0.25) is 0 Å². The molecule has 1 aromatic heterocycles. The van der Waals surface area contributed by atoms with Gasteiger partial charge in [0.2, 0.25) is 5.56 Å². The van der Waals surface area contributed by atoms with Crippen molar-refractivity contribution < 1.29 is 19.1 Å². The zero-order valence-electron chi connectivity index (χ0n) is 12.5. The molecule has 0 fully saturated rings. The van der Waals surface area contributed by atoms with Gasteiger partial charge in [0, 0.05) is 24.4 Å². The van der Waals surface area contributed by atoms with E-state index >= 15 is 0 Å². The fourth-order valence-electron chi connectivity index (χ4n) is 1.85. The van der Waals surface area contributed by atoms with Crippen LogP contribution < -0.4 is 15.6 Å². The van der Waals surface area contributed by atoms with Crippen LogP contribution in [-0.2, 0) is 16.1 Å². The van der Waals surface area contributed by atoms with E-state index in [0.29, 0.717) is 5.75 Å². The van der Waals surface area contributed by atoms with Crippen LogP contribution in [0.15, 0.2) is 47.4 Å². The lowest BCUT2D eigenvalue weighted by atomic mass is 10.2. The summed E-state index contributed by atoms with van der Waals surface area (Å²) < 4.78 is 10.0. The number of nitrogens with one attached hydrogen (secondary N) is 2. The van der Waals surface area contributed by atoms with Crippen molar-refractivity contribution >= 4 is 11.9 Å². The van der Waals surface area contributed by atoms with Crippen molar-refractivity contribution in [2.24, 2.45) is 0 Å². The van der Waals surface area contributed by atoms with E-state index in [9.17, 15) is 14.4 Å². The molecule has 1 amide bonds. The molecule has 7 nitrogen and oxygen atoms in total. The van der Waals surface area contributed by atoms with Crippen molar-refractivity contribution in [3.8, 4) is 5.75 Å². The number of esters is 1. The molecule has 1 heterocycles. The van der Waals surface area contributed by atoms with E-state index < -0.39 is 18.5 Å². The predicted molar refractivity (Wildman–Crippen MR) is 82.2 cm³/mol. The first kappa shape index (κ1) is 16.3. The van der Waals surface area contributed by atoms with Gasteiger partial charge in [0.25, 0.3) is 5.91 Å². The molecule has 120 valence electrons. The van der Waals surface area contributed by atoms with Gasteiger partial charge in [-0.25, -0.2) is 4.79 Å². The van der Waals surface area contributed by atoms with Gasteiger partial charge in [-0.3, -0.25) is 9.59 Å². The zero-order valence-corrected chi connectivity index (χ0v) is 12.5. The SMILES string of the molecule is COc1ccccc1CNC(=O)COC(=O)c1ccc(=O)[nH]c1. The van der Waals surface area contributed by atoms with Crippen LogP contribution in [0.1, 0.15) is 15.9 Å². The maximum Gasteiger partial charge on any atom is 0.340 e. The molecule has 2 rings (SSSR count). The van der Waals surface area contributed by atoms with Gasteiger partial charge in [-0.15, -0.1) is 0 Å². The summed E-state index contributed by atoms with van der Waals surface area (Å²) in [5, 5.41) is 2.64. The fourth-order valence-corrected chi connectivity index (χ4v) is 1.85. The molecule has 0 spiro atoms. The Balaban J connectivity index is 1.82. The van der Waals surface area contributed by atoms with Gasteiger partial charge in [-0.05, 0) is 12.1 Å². The van der Waals surface area contributed by atoms with E-state index in [4.69, 9.17) is 9.47 Å². The first-order valence-electron chi connectivity index (χ1n) is 6.84. The van der Waals surface area contributed by atoms with Crippen LogP contribution in [0.25, 0.3) is 0 Å². The van der Waals surface area contributed by atoms with Crippen LogP contribution in [-0.4, -0.2) is 30.6 Å². The molecule has 0 bridgehead atoms. The number of para-hydroxylation sites is 1. The van der Waals surface area contributed by atoms with Gasteiger partial charge < -0.3 is 19.8 Å². The number of pyridine rings is 1. The molecule has 0 saturated heterocycles. The molecule has 0 atom stereocenters. The van der Waals surface area contributed by atoms with Crippen LogP contribution in [0, 0.1) is 0 Å². The summed E-state index contributed by atoms with van der Waals surface area (Å²) in [5.74, 6) is -0.458. The van der Waals surface area contributed by atoms with Crippen molar-refractivity contribution in [2.45, 2.75) is 6.54 Å². The Morgan fingerprint density at radius 2 is 1.96 bits per heavy atom. The van der Waals surface area contributed by atoms with Crippen molar-refractivity contribution in [3.63, 3.8) is 0 Å². The average molecular weight is 316 g/mol. The van der Waals surface area contributed by atoms with E-state index in [1.165, 1.54) is 18.3 Å². The van der Waals surface area contributed by atoms with Gasteiger partial charge in [-0.2, -0.15) is 0 Å². The summed E-state index contributed by atoms with van der Waals surface area (Å²) in [7, 11) is 1.55. The number of benzene rings is 1. The van der Waals surface area contributed by atoms with Gasteiger partial charge >= 0.3 is 5.97 Å². The van der Waals surface area contributed by atoms with E-state index in [2.05, 4.69) is 10.3 Å². The molecule has 0 aliphatic rings. The van der Waals surface area contributed by atoms with Crippen LogP contribution in [0.4, 0.5) is 0 Å². The number of aromatic nitrogens is 1. The maximum absolute atomic E-state index is 11.7. The predicted octanol–water partition coefficient (Wildman–Crippen LogP) is 0.857. The number of hydrogen-bond donors (Lipinski definition) is 2. The Hall–Kier alpha value is -3.09. The number of carbonyl (C=O) groups excluding carboxylic acids is 2. The molecule has 0 radical (unpaired) electrons. The molecule has 2 aromatic rings. The van der Waals surface area contributed by atoms with Crippen molar-refractivity contribution in [2.75, 3.05) is 13.7 Å². The van der Waals surface area contributed by atoms with Crippen LogP contribution >= 0.6 is 0 Å². The molecule has 0 unspecified atom stereocenters. The van der Waals surface area contributed by atoms with Gasteiger partial charge in [0.05, 0.1) is 12.7 Å². The summed E-state index contributed by atoms with van der Waals surface area (Å²) in [6, 6.07) is 9.81. The molecule has 7 heteroatoms. The number of rotatable bonds is 6. The summed E-state index contributed by atoms with van der Waals surface area (Å²) in [6.45, 7) is -0.147. The lowest BCUT2D eigenvalue weighted by Gasteiger charge is -2.09. The molecule has 1 aromatic carbocycles. The topological polar surface area (TPSA) is 97.5 Å². The van der Waals surface area contributed by atoms with E-state index in [1.807, 2.05) is 18.2 Å². The number of aromatic amines is 1. The minimum atomic E-state index is -0.686. The lowest BCUT2D eigenvalue weighted by Crippen LogP contribution is -2.28. The number of hydrogen-bond acceptors (Lipinski definition) is 5. The third kappa shape index (κ3) is 4.70. The number of H-pyrrole nitrogens is 1. The summed E-state index contributed by atoms with van der Waals surface area (Å²) in [5.41, 5.74) is 0.661. The number of methoxy groups -OCH3 is 1. The molecular weight excluding hydrogens is 300 g/mol.